The molecule has 0 radical (unpaired) electrons. The number of halogens is 1. The maximum absolute atomic E-state index is 13.1. The van der Waals surface area contributed by atoms with E-state index in [2.05, 4.69) is 21.2 Å². The summed E-state index contributed by atoms with van der Waals surface area (Å²) in [6.07, 6.45) is 0. The van der Waals surface area contributed by atoms with Crippen molar-refractivity contribution in [2.24, 2.45) is 0 Å². The largest absolute Gasteiger partial charge is 0.358 e. The lowest BCUT2D eigenvalue weighted by Gasteiger charge is -2.29. The van der Waals surface area contributed by atoms with Gasteiger partial charge in [-0.05, 0) is 31.5 Å². The lowest BCUT2D eigenvalue weighted by molar-refractivity contribution is -0.113. The first-order chi connectivity index (χ1) is 12.0. The van der Waals surface area contributed by atoms with Gasteiger partial charge in [0.25, 0.3) is 0 Å². The topological polar surface area (TPSA) is 46.2 Å². The number of allylic oxidation sites excluding steroid dienone is 3. The summed E-state index contributed by atoms with van der Waals surface area (Å²) in [7, 11) is 0. The molecule has 1 aliphatic carbocycles. The summed E-state index contributed by atoms with van der Waals surface area (Å²) in [6, 6.07) is 15.4. The molecule has 0 bridgehead atoms. The fourth-order valence-electron chi connectivity index (χ4n) is 3.82. The van der Waals surface area contributed by atoms with Crippen LogP contribution in [0.2, 0.25) is 0 Å². The van der Waals surface area contributed by atoms with Gasteiger partial charge in [0.1, 0.15) is 0 Å². The molecular formula is C21H16BrNO2. The third kappa shape index (κ3) is 2.40. The number of Topliss-reactive ketones (excluding diaryl/α,β-unsaturated/α-hetero) is 2. The van der Waals surface area contributed by atoms with Gasteiger partial charge in [-0.2, -0.15) is 0 Å². The van der Waals surface area contributed by atoms with Crippen LogP contribution in [0.15, 0.2) is 69.8 Å². The molecule has 0 amide bonds. The average molecular weight is 394 g/mol. The standard InChI is InChI=1S/C21H16BrNO2/c1-11-17(12(2)24)18(13-6-5-7-14(22)10-13)19-20(23-11)15-8-3-4-9-16(15)21(19)25/h3-10,18,23H,1-2H3. The van der Waals surface area contributed by atoms with Crippen molar-refractivity contribution in [1.82, 2.24) is 5.32 Å². The number of benzene rings is 2. The summed E-state index contributed by atoms with van der Waals surface area (Å²) >= 11 is 3.50. The second-order valence-electron chi connectivity index (χ2n) is 6.37. The van der Waals surface area contributed by atoms with Gasteiger partial charge >= 0.3 is 0 Å². The molecule has 1 aliphatic heterocycles. The van der Waals surface area contributed by atoms with Crippen LogP contribution in [-0.4, -0.2) is 11.6 Å². The summed E-state index contributed by atoms with van der Waals surface area (Å²) in [4.78, 5) is 25.5. The average Bonchev–Trinajstić information content (AvgIpc) is 2.86. The highest BCUT2D eigenvalue weighted by Crippen LogP contribution is 2.46. The molecular weight excluding hydrogens is 378 g/mol. The molecule has 4 heteroatoms. The fourth-order valence-corrected chi connectivity index (χ4v) is 4.23. The number of carbonyl (C=O) groups is 2. The van der Waals surface area contributed by atoms with E-state index in [-0.39, 0.29) is 17.5 Å². The molecule has 3 nitrogen and oxygen atoms in total. The van der Waals surface area contributed by atoms with E-state index in [9.17, 15) is 9.59 Å². The van der Waals surface area contributed by atoms with E-state index >= 15 is 0 Å². The van der Waals surface area contributed by atoms with Crippen LogP contribution in [0.4, 0.5) is 0 Å². The molecule has 1 heterocycles. The van der Waals surface area contributed by atoms with Gasteiger partial charge in [0, 0.05) is 38.4 Å². The van der Waals surface area contributed by atoms with Crippen LogP contribution >= 0.6 is 15.9 Å². The minimum atomic E-state index is -0.355. The van der Waals surface area contributed by atoms with Crippen LogP contribution in [0.5, 0.6) is 0 Å². The minimum absolute atomic E-state index is 0.00525. The molecule has 0 saturated heterocycles. The normalized spacial score (nSPS) is 18.8. The molecule has 1 atom stereocenters. The number of carbonyl (C=O) groups excluding carboxylic acids is 2. The first-order valence-corrected chi connectivity index (χ1v) is 8.90. The monoisotopic (exact) mass is 393 g/mol. The van der Waals surface area contributed by atoms with E-state index in [4.69, 9.17) is 0 Å². The molecule has 0 aromatic heterocycles. The summed E-state index contributed by atoms with van der Waals surface area (Å²) in [6.45, 7) is 3.46. The van der Waals surface area contributed by atoms with Gasteiger partial charge in [-0.1, -0.05) is 52.3 Å². The molecule has 1 unspecified atom stereocenters. The molecule has 0 saturated carbocycles. The smallest absolute Gasteiger partial charge is 0.192 e. The number of hydrogen-bond acceptors (Lipinski definition) is 3. The third-order valence-electron chi connectivity index (χ3n) is 4.81. The van der Waals surface area contributed by atoms with Crippen molar-refractivity contribution in [2.45, 2.75) is 19.8 Å². The van der Waals surface area contributed by atoms with Crippen LogP contribution in [0.25, 0.3) is 5.70 Å². The molecule has 2 aromatic carbocycles. The lowest BCUT2D eigenvalue weighted by Crippen LogP contribution is -2.27. The molecule has 2 aromatic rings. The van der Waals surface area contributed by atoms with Gasteiger partial charge in [-0.15, -0.1) is 0 Å². The fraction of sp³-hybridized carbons (Fsp3) is 0.143. The molecule has 1 N–H and O–H groups in total. The Labute approximate surface area is 154 Å². The minimum Gasteiger partial charge on any atom is -0.358 e. The Morgan fingerprint density at radius 1 is 1.08 bits per heavy atom. The van der Waals surface area contributed by atoms with Gasteiger partial charge in [-0.25, -0.2) is 0 Å². The number of nitrogens with one attached hydrogen (secondary N) is 1. The number of ketones is 2. The molecule has 124 valence electrons. The molecule has 2 aliphatic rings. The quantitative estimate of drug-likeness (QED) is 0.810. The Morgan fingerprint density at radius 2 is 1.80 bits per heavy atom. The van der Waals surface area contributed by atoms with E-state index in [1.54, 1.807) is 6.92 Å². The van der Waals surface area contributed by atoms with Crippen LogP contribution in [-0.2, 0) is 4.79 Å². The molecule has 0 fully saturated rings. The summed E-state index contributed by atoms with van der Waals surface area (Å²) in [5.41, 5.74) is 5.48. The van der Waals surface area contributed by atoms with Gasteiger partial charge < -0.3 is 5.32 Å². The van der Waals surface area contributed by atoms with Gasteiger partial charge in [0.2, 0.25) is 0 Å². The number of dihydropyridines is 1. The van der Waals surface area contributed by atoms with Crippen molar-refractivity contribution in [3.8, 4) is 0 Å². The van der Waals surface area contributed by atoms with Gasteiger partial charge in [0.05, 0.1) is 5.70 Å². The van der Waals surface area contributed by atoms with Crippen LogP contribution in [0, 0.1) is 0 Å². The van der Waals surface area contributed by atoms with Crippen molar-refractivity contribution in [1.29, 1.82) is 0 Å². The second kappa shape index (κ2) is 5.81. The van der Waals surface area contributed by atoms with Gasteiger partial charge in [0.15, 0.2) is 11.6 Å². The van der Waals surface area contributed by atoms with Crippen LogP contribution in [0.3, 0.4) is 0 Å². The number of fused-ring (bicyclic) bond motifs is 2. The second-order valence-corrected chi connectivity index (χ2v) is 7.29. The highest BCUT2D eigenvalue weighted by atomic mass is 79.9. The first kappa shape index (κ1) is 16.0. The predicted octanol–water partition coefficient (Wildman–Crippen LogP) is 4.61. The van der Waals surface area contributed by atoms with E-state index in [0.717, 1.165) is 27.0 Å². The highest BCUT2D eigenvalue weighted by Gasteiger charge is 2.41. The van der Waals surface area contributed by atoms with Crippen molar-refractivity contribution in [2.75, 3.05) is 0 Å². The van der Waals surface area contributed by atoms with E-state index in [1.165, 1.54) is 0 Å². The SMILES string of the molecule is CC(=O)C1=C(C)NC2=C(C(=O)c3ccccc32)C1c1cccc(Br)c1. The Kier molecular flexibility index (Phi) is 3.73. The van der Waals surface area contributed by atoms with Crippen LogP contribution in [0.1, 0.15) is 41.3 Å². The summed E-state index contributed by atoms with van der Waals surface area (Å²) < 4.78 is 0.925. The predicted molar refractivity (Wildman–Crippen MR) is 101 cm³/mol. The van der Waals surface area contributed by atoms with E-state index in [1.807, 2.05) is 55.5 Å². The maximum Gasteiger partial charge on any atom is 0.192 e. The van der Waals surface area contributed by atoms with Gasteiger partial charge in [-0.3, -0.25) is 9.59 Å². The molecule has 0 spiro atoms. The summed E-state index contributed by atoms with van der Waals surface area (Å²) in [5, 5.41) is 3.32. The Balaban J connectivity index is 1.98. The Bertz CT molecular complexity index is 1000. The zero-order valence-corrected chi connectivity index (χ0v) is 15.5. The highest BCUT2D eigenvalue weighted by molar-refractivity contribution is 9.10. The number of rotatable bonds is 2. The van der Waals surface area contributed by atoms with Crippen LogP contribution < -0.4 is 5.32 Å². The zero-order chi connectivity index (χ0) is 17.7. The Hall–Kier alpha value is -2.46. The Morgan fingerprint density at radius 3 is 2.48 bits per heavy atom. The maximum atomic E-state index is 13.1. The molecule has 25 heavy (non-hydrogen) atoms. The summed E-state index contributed by atoms with van der Waals surface area (Å²) in [5.74, 6) is -0.384. The van der Waals surface area contributed by atoms with Crippen molar-refractivity contribution < 1.29 is 9.59 Å². The lowest BCUT2D eigenvalue weighted by atomic mass is 9.78. The van der Waals surface area contributed by atoms with Crippen molar-refractivity contribution >= 4 is 33.2 Å². The van der Waals surface area contributed by atoms with Crippen molar-refractivity contribution in [3.05, 3.63) is 86.5 Å². The molecule has 4 rings (SSSR count). The third-order valence-corrected chi connectivity index (χ3v) is 5.30. The number of hydrogen-bond donors (Lipinski definition) is 1. The van der Waals surface area contributed by atoms with Crippen molar-refractivity contribution in [3.63, 3.8) is 0 Å². The first-order valence-electron chi connectivity index (χ1n) is 8.11. The van der Waals surface area contributed by atoms with E-state index < -0.39 is 0 Å². The van der Waals surface area contributed by atoms with E-state index in [0.29, 0.717) is 16.7 Å². The zero-order valence-electron chi connectivity index (χ0n) is 13.9.